The number of hydrogen-bond acceptors (Lipinski definition) is 6. The van der Waals surface area contributed by atoms with E-state index in [-0.39, 0.29) is 21.9 Å². The Morgan fingerprint density at radius 2 is 1.79 bits per heavy atom. The molecule has 33 heavy (non-hydrogen) atoms. The number of aliphatic imine (C=N–C) groups is 1. The number of fused-ring (bicyclic) bond motifs is 1. The molecule has 0 aromatic heterocycles. The van der Waals surface area contributed by atoms with Gasteiger partial charge in [0.25, 0.3) is 27.7 Å². The van der Waals surface area contributed by atoms with Crippen LogP contribution in [-0.4, -0.2) is 50.0 Å². The molecular weight excluding hydrogens is 444 g/mol. The number of imide groups is 1. The van der Waals surface area contributed by atoms with Crippen molar-refractivity contribution in [2.75, 3.05) is 18.4 Å². The number of rotatable bonds is 7. The molecule has 10 heteroatoms. The lowest BCUT2D eigenvalue weighted by molar-refractivity contribution is 0.0652. The van der Waals surface area contributed by atoms with Gasteiger partial charge >= 0.3 is 0 Å². The topological polar surface area (TPSA) is 125 Å². The van der Waals surface area contributed by atoms with Gasteiger partial charge in [-0.3, -0.25) is 29.0 Å². The normalized spacial score (nSPS) is 15.4. The molecule has 0 saturated carbocycles. The van der Waals surface area contributed by atoms with Gasteiger partial charge in [0.2, 0.25) is 0 Å². The lowest BCUT2D eigenvalue weighted by atomic mass is 10.1. The van der Waals surface area contributed by atoms with Crippen LogP contribution in [0.25, 0.3) is 0 Å². The van der Waals surface area contributed by atoms with Crippen molar-refractivity contribution in [3.8, 4) is 0 Å². The van der Waals surface area contributed by atoms with Gasteiger partial charge in [-0.25, -0.2) is 8.42 Å². The van der Waals surface area contributed by atoms with Crippen molar-refractivity contribution in [2.45, 2.75) is 37.5 Å². The Labute approximate surface area is 191 Å². The maximum Gasteiger partial charge on any atom is 0.262 e. The van der Waals surface area contributed by atoms with Crippen molar-refractivity contribution in [2.24, 2.45) is 4.99 Å². The van der Waals surface area contributed by atoms with Crippen molar-refractivity contribution >= 4 is 39.3 Å². The molecule has 9 nitrogen and oxygen atoms in total. The molecule has 0 atom stereocenters. The van der Waals surface area contributed by atoms with E-state index in [1.165, 1.54) is 47.4 Å². The molecule has 0 spiro atoms. The zero-order valence-corrected chi connectivity index (χ0v) is 18.9. The van der Waals surface area contributed by atoms with E-state index in [0.29, 0.717) is 43.0 Å². The number of amides is 3. The predicted octanol–water partition coefficient (Wildman–Crippen LogP) is 2.81. The molecule has 2 N–H and O–H groups in total. The molecule has 0 radical (unpaired) electrons. The van der Waals surface area contributed by atoms with Gasteiger partial charge in [-0.2, -0.15) is 0 Å². The minimum absolute atomic E-state index is 0.0592. The van der Waals surface area contributed by atoms with Gasteiger partial charge in [-0.1, -0.05) is 13.3 Å². The summed E-state index contributed by atoms with van der Waals surface area (Å²) in [7, 11) is -3.74. The third-order valence-electron chi connectivity index (χ3n) is 5.52. The number of sulfonamides is 1. The third kappa shape index (κ3) is 4.65. The number of carbonyl (C=O) groups excluding carboxylic acids is 3. The summed E-state index contributed by atoms with van der Waals surface area (Å²) in [5, 5.41) is 2.68. The van der Waals surface area contributed by atoms with E-state index < -0.39 is 21.8 Å². The van der Waals surface area contributed by atoms with Crippen molar-refractivity contribution in [1.29, 1.82) is 0 Å². The van der Waals surface area contributed by atoms with E-state index in [2.05, 4.69) is 15.0 Å². The number of nitrogens with one attached hydrogen (secondary N) is 2. The zero-order valence-electron chi connectivity index (χ0n) is 18.1. The van der Waals surface area contributed by atoms with Crippen LogP contribution in [0.3, 0.4) is 0 Å². The van der Waals surface area contributed by atoms with Crippen molar-refractivity contribution in [3.63, 3.8) is 0 Å². The van der Waals surface area contributed by atoms with Crippen molar-refractivity contribution in [1.82, 2.24) is 9.62 Å². The first-order chi connectivity index (χ1) is 15.8. The highest BCUT2D eigenvalue weighted by Gasteiger charge is 2.35. The molecule has 0 aliphatic carbocycles. The van der Waals surface area contributed by atoms with Gasteiger partial charge in [0.15, 0.2) is 0 Å². The van der Waals surface area contributed by atoms with Gasteiger partial charge in [-0.15, -0.1) is 0 Å². The number of benzene rings is 2. The van der Waals surface area contributed by atoms with E-state index in [9.17, 15) is 22.8 Å². The number of amidine groups is 1. The Bertz CT molecular complexity index is 1250. The smallest absolute Gasteiger partial charge is 0.262 e. The van der Waals surface area contributed by atoms with Crippen LogP contribution in [0.5, 0.6) is 0 Å². The largest absolute Gasteiger partial charge is 0.322 e. The second-order valence-electron chi connectivity index (χ2n) is 7.89. The number of unbranched alkanes of at least 4 members (excludes halogenated alkanes) is 1. The molecular formula is C23H24N4O5S. The summed E-state index contributed by atoms with van der Waals surface area (Å²) in [5.74, 6) is -0.763. The minimum atomic E-state index is -3.74. The molecule has 172 valence electrons. The van der Waals surface area contributed by atoms with Crippen LogP contribution in [-0.2, 0) is 10.0 Å². The maximum absolute atomic E-state index is 12.7. The molecule has 2 aromatic carbocycles. The lowest BCUT2D eigenvalue weighted by Crippen LogP contribution is -2.30. The number of nitrogens with zero attached hydrogens (tertiary/aromatic N) is 2. The SMILES string of the molecule is CCCCN1C(=O)c2ccc(C(=O)Nc3ccc(S(=O)(=O)NC4=NCCC4)cc3)cc2C1=O. The fourth-order valence-corrected chi connectivity index (χ4v) is 4.80. The van der Waals surface area contributed by atoms with Gasteiger partial charge in [-0.05, 0) is 55.3 Å². The van der Waals surface area contributed by atoms with Crippen LogP contribution in [0, 0.1) is 0 Å². The Morgan fingerprint density at radius 1 is 1.06 bits per heavy atom. The van der Waals surface area contributed by atoms with Crippen LogP contribution in [0.15, 0.2) is 52.4 Å². The van der Waals surface area contributed by atoms with E-state index in [0.717, 1.165) is 12.8 Å². The average Bonchev–Trinajstić information content (AvgIpc) is 3.38. The highest BCUT2D eigenvalue weighted by molar-refractivity contribution is 7.90. The second kappa shape index (κ2) is 9.14. The molecule has 2 aromatic rings. The zero-order chi connectivity index (χ0) is 23.6. The van der Waals surface area contributed by atoms with Gasteiger partial charge in [0.05, 0.1) is 16.0 Å². The molecule has 3 amide bonds. The average molecular weight is 469 g/mol. The summed E-state index contributed by atoms with van der Waals surface area (Å²) >= 11 is 0. The molecule has 0 bridgehead atoms. The van der Waals surface area contributed by atoms with Crippen LogP contribution in [0.2, 0.25) is 0 Å². The quantitative estimate of drug-likeness (QED) is 0.605. The summed E-state index contributed by atoms with van der Waals surface area (Å²) in [6.45, 7) is 2.94. The minimum Gasteiger partial charge on any atom is -0.322 e. The first-order valence-electron chi connectivity index (χ1n) is 10.8. The molecule has 0 unspecified atom stereocenters. The summed E-state index contributed by atoms with van der Waals surface area (Å²) < 4.78 is 27.4. The molecule has 4 rings (SSSR count). The Balaban J connectivity index is 1.46. The van der Waals surface area contributed by atoms with Crippen LogP contribution < -0.4 is 10.0 Å². The van der Waals surface area contributed by atoms with E-state index >= 15 is 0 Å². The summed E-state index contributed by atoms with van der Waals surface area (Å²) in [4.78, 5) is 43.1. The lowest BCUT2D eigenvalue weighted by Gasteiger charge is -2.12. The van der Waals surface area contributed by atoms with Crippen LogP contribution in [0.4, 0.5) is 5.69 Å². The molecule has 2 aliphatic rings. The van der Waals surface area contributed by atoms with Crippen LogP contribution >= 0.6 is 0 Å². The van der Waals surface area contributed by atoms with Crippen LogP contribution in [0.1, 0.15) is 63.7 Å². The third-order valence-corrected chi connectivity index (χ3v) is 6.91. The second-order valence-corrected chi connectivity index (χ2v) is 9.57. The van der Waals surface area contributed by atoms with Crippen molar-refractivity contribution in [3.05, 3.63) is 59.2 Å². The molecule has 2 heterocycles. The number of carbonyl (C=O) groups is 3. The fourth-order valence-electron chi connectivity index (χ4n) is 3.71. The standard InChI is InChI=1S/C23H24N4O5S/c1-2-3-13-27-22(29)18-11-6-15(14-19(18)23(27)30)21(28)25-16-7-9-17(10-8-16)33(31,32)26-20-5-4-12-24-20/h6-11,14H,2-5,12-13H2,1H3,(H,24,26)(H,25,28). The number of anilines is 1. The molecule has 2 aliphatic heterocycles. The summed E-state index contributed by atoms with van der Waals surface area (Å²) in [6.07, 6.45) is 2.99. The summed E-state index contributed by atoms with van der Waals surface area (Å²) in [6, 6.07) is 10.2. The van der Waals surface area contributed by atoms with Gasteiger partial charge in [0, 0.05) is 30.8 Å². The highest BCUT2D eigenvalue weighted by Crippen LogP contribution is 2.25. The molecule has 0 fully saturated rings. The summed E-state index contributed by atoms with van der Waals surface area (Å²) in [5.41, 5.74) is 1.13. The Kier molecular flexibility index (Phi) is 6.28. The van der Waals surface area contributed by atoms with Gasteiger partial charge in [0.1, 0.15) is 5.84 Å². The highest BCUT2D eigenvalue weighted by atomic mass is 32.2. The maximum atomic E-state index is 12.7. The first kappa shape index (κ1) is 22.7. The van der Waals surface area contributed by atoms with Gasteiger partial charge < -0.3 is 5.32 Å². The molecule has 0 saturated heterocycles. The number of hydrogen-bond donors (Lipinski definition) is 2. The van der Waals surface area contributed by atoms with Crippen molar-refractivity contribution < 1.29 is 22.8 Å². The fraction of sp³-hybridized carbons (Fsp3) is 0.304. The van der Waals surface area contributed by atoms with E-state index in [1.54, 1.807) is 0 Å². The Morgan fingerprint density at radius 3 is 2.45 bits per heavy atom. The monoisotopic (exact) mass is 468 g/mol. The predicted molar refractivity (Wildman–Crippen MR) is 123 cm³/mol. The van der Waals surface area contributed by atoms with E-state index in [1.807, 2.05) is 6.92 Å². The Hall–Kier alpha value is -3.53. The van der Waals surface area contributed by atoms with E-state index in [4.69, 9.17) is 0 Å². The first-order valence-corrected chi connectivity index (χ1v) is 12.3.